The van der Waals surface area contributed by atoms with Gasteiger partial charge in [-0.25, -0.2) is 4.98 Å². The molecule has 1 fully saturated rings. The Labute approximate surface area is 105 Å². The Morgan fingerprint density at radius 1 is 1.47 bits per heavy atom. The van der Waals surface area contributed by atoms with Gasteiger partial charge in [-0.3, -0.25) is 0 Å². The van der Waals surface area contributed by atoms with Crippen molar-refractivity contribution in [3.63, 3.8) is 0 Å². The third kappa shape index (κ3) is 1.94. The van der Waals surface area contributed by atoms with Crippen molar-refractivity contribution in [3.05, 3.63) is 29.0 Å². The quantitative estimate of drug-likeness (QED) is 0.907. The van der Waals surface area contributed by atoms with E-state index in [0.717, 1.165) is 41.1 Å². The second kappa shape index (κ2) is 4.00. The number of hydrogen-bond acceptors (Lipinski definition) is 2. The number of nitrogens with zero attached hydrogens (tertiary/aromatic N) is 1. The van der Waals surface area contributed by atoms with Gasteiger partial charge in [0.2, 0.25) is 0 Å². The predicted molar refractivity (Wildman–Crippen MR) is 68.4 cm³/mol. The molecular weight excluding hydrogens is 236 g/mol. The van der Waals surface area contributed by atoms with Crippen LogP contribution in [-0.4, -0.2) is 22.7 Å². The molecular formula is C13H15ClN2O. The molecule has 0 bridgehead atoms. The van der Waals surface area contributed by atoms with E-state index in [2.05, 4.69) is 9.97 Å². The molecule has 1 heterocycles. The Hall–Kier alpha value is -1.06. The SMILES string of the molecule is COC1(Cc2nc3ccc(Cl)cc3[nH]2)CCC1. The molecule has 0 saturated heterocycles. The summed E-state index contributed by atoms with van der Waals surface area (Å²) in [5.41, 5.74) is 1.98. The third-order valence-electron chi connectivity index (χ3n) is 3.68. The van der Waals surface area contributed by atoms with E-state index in [1.54, 1.807) is 7.11 Å². The summed E-state index contributed by atoms with van der Waals surface area (Å²) >= 11 is 5.95. The van der Waals surface area contributed by atoms with Crippen LogP contribution < -0.4 is 0 Å². The van der Waals surface area contributed by atoms with E-state index in [1.165, 1.54) is 6.42 Å². The summed E-state index contributed by atoms with van der Waals surface area (Å²) in [5, 5.41) is 0.734. The zero-order valence-electron chi connectivity index (χ0n) is 9.79. The van der Waals surface area contributed by atoms with Crippen molar-refractivity contribution in [1.82, 2.24) is 9.97 Å². The highest BCUT2D eigenvalue weighted by Crippen LogP contribution is 2.37. The number of halogens is 1. The first kappa shape index (κ1) is 11.1. The van der Waals surface area contributed by atoms with Crippen LogP contribution in [0.2, 0.25) is 5.02 Å². The number of ether oxygens (including phenoxy) is 1. The summed E-state index contributed by atoms with van der Waals surface area (Å²) in [6.07, 6.45) is 4.36. The second-order valence-electron chi connectivity index (χ2n) is 4.76. The van der Waals surface area contributed by atoms with Crippen LogP contribution >= 0.6 is 11.6 Å². The van der Waals surface area contributed by atoms with Crippen LogP contribution in [0.25, 0.3) is 11.0 Å². The van der Waals surface area contributed by atoms with Crippen molar-refractivity contribution < 1.29 is 4.74 Å². The van der Waals surface area contributed by atoms with E-state index < -0.39 is 0 Å². The van der Waals surface area contributed by atoms with E-state index in [9.17, 15) is 0 Å². The summed E-state index contributed by atoms with van der Waals surface area (Å²) < 4.78 is 5.61. The minimum atomic E-state index is 0.0116. The first-order chi connectivity index (χ1) is 8.21. The average molecular weight is 251 g/mol. The summed E-state index contributed by atoms with van der Waals surface area (Å²) in [6, 6.07) is 5.72. The molecule has 17 heavy (non-hydrogen) atoms. The van der Waals surface area contributed by atoms with Crippen LogP contribution in [0.3, 0.4) is 0 Å². The van der Waals surface area contributed by atoms with Crippen molar-refractivity contribution in [2.24, 2.45) is 0 Å². The number of methoxy groups -OCH3 is 1. The molecule has 3 nitrogen and oxygen atoms in total. The van der Waals surface area contributed by atoms with Gasteiger partial charge in [-0.15, -0.1) is 0 Å². The standard InChI is InChI=1S/C13H15ClN2O/c1-17-13(5-2-6-13)8-12-15-10-4-3-9(14)7-11(10)16-12/h3-4,7H,2,5-6,8H2,1H3,(H,15,16). The van der Waals surface area contributed by atoms with Crippen molar-refractivity contribution in [1.29, 1.82) is 0 Å². The fourth-order valence-electron chi connectivity index (χ4n) is 2.45. The minimum absolute atomic E-state index is 0.0116. The van der Waals surface area contributed by atoms with Gasteiger partial charge in [0.25, 0.3) is 0 Å². The first-order valence-corrected chi connectivity index (χ1v) is 6.28. The second-order valence-corrected chi connectivity index (χ2v) is 5.20. The normalized spacial score (nSPS) is 18.2. The molecule has 1 aliphatic carbocycles. The number of fused-ring (bicyclic) bond motifs is 1. The Kier molecular flexibility index (Phi) is 2.60. The van der Waals surface area contributed by atoms with Crippen LogP contribution in [0.4, 0.5) is 0 Å². The van der Waals surface area contributed by atoms with Gasteiger partial charge in [0.05, 0.1) is 16.6 Å². The third-order valence-corrected chi connectivity index (χ3v) is 3.92. The van der Waals surface area contributed by atoms with Gasteiger partial charge < -0.3 is 9.72 Å². The smallest absolute Gasteiger partial charge is 0.110 e. The number of imidazole rings is 1. The molecule has 1 saturated carbocycles. The minimum Gasteiger partial charge on any atom is -0.378 e. The lowest BCUT2D eigenvalue weighted by molar-refractivity contribution is -0.0719. The van der Waals surface area contributed by atoms with Gasteiger partial charge in [-0.1, -0.05) is 11.6 Å². The monoisotopic (exact) mass is 250 g/mol. The van der Waals surface area contributed by atoms with Gasteiger partial charge in [0.15, 0.2) is 0 Å². The topological polar surface area (TPSA) is 37.9 Å². The predicted octanol–water partition coefficient (Wildman–Crippen LogP) is 3.33. The number of nitrogens with one attached hydrogen (secondary N) is 1. The molecule has 1 aliphatic rings. The number of aromatic nitrogens is 2. The Balaban J connectivity index is 1.90. The highest BCUT2D eigenvalue weighted by molar-refractivity contribution is 6.31. The number of rotatable bonds is 3. The molecule has 1 N–H and O–H groups in total. The number of hydrogen-bond donors (Lipinski definition) is 1. The van der Waals surface area contributed by atoms with Crippen LogP contribution in [0.5, 0.6) is 0 Å². The summed E-state index contributed by atoms with van der Waals surface area (Å²) in [7, 11) is 1.79. The highest BCUT2D eigenvalue weighted by Gasteiger charge is 2.37. The molecule has 3 rings (SSSR count). The molecule has 90 valence electrons. The maximum atomic E-state index is 5.95. The summed E-state index contributed by atoms with van der Waals surface area (Å²) in [6.45, 7) is 0. The molecule has 0 atom stereocenters. The lowest BCUT2D eigenvalue weighted by atomic mass is 9.77. The van der Waals surface area contributed by atoms with Gasteiger partial charge in [0.1, 0.15) is 5.82 Å². The number of aromatic amines is 1. The van der Waals surface area contributed by atoms with Gasteiger partial charge >= 0.3 is 0 Å². The van der Waals surface area contributed by atoms with E-state index >= 15 is 0 Å². The Morgan fingerprint density at radius 3 is 2.94 bits per heavy atom. The zero-order valence-corrected chi connectivity index (χ0v) is 10.5. The lowest BCUT2D eigenvalue weighted by Gasteiger charge is -2.39. The number of benzene rings is 1. The molecule has 1 aromatic carbocycles. The molecule has 2 aromatic rings. The average Bonchev–Trinajstić information content (AvgIpc) is 2.65. The number of H-pyrrole nitrogens is 1. The fourth-order valence-corrected chi connectivity index (χ4v) is 2.62. The maximum Gasteiger partial charge on any atom is 0.110 e. The van der Waals surface area contributed by atoms with Gasteiger partial charge in [0, 0.05) is 18.6 Å². The van der Waals surface area contributed by atoms with Crippen LogP contribution in [0, 0.1) is 0 Å². The van der Waals surface area contributed by atoms with Gasteiger partial charge in [-0.2, -0.15) is 0 Å². The van der Waals surface area contributed by atoms with Crippen LogP contribution in [-0.2, 0) is 11.2 Å². The maximum absolute atomic E-state index is 5.95. The molecule has 1 aromatic heterocycles. The largest absolute Gasteiger partial charge is 0.378 e. The highest BCUT2D eigenvalue weighted by atomic mass is 35.5. The molecule has 0 aliphatic heterocycles. The van der Waals surface area contributed by atoms with E-state index in [1.807, 2.05) is 18.2 Å². The van der Waals surface area contributed by atoms with Crippen molar-refractivity contribution in [2.75, 3.05) is 7.11 Å². The van der Waals surface area contributed by atoms with Crippen LogP contribution in [0.15, 0.2) is 18.2 Å². The molecule has 0 unspecified atom stereocenters. The van der Waals surface area contributed by atoms with Crippen molar-refractivity contribution in [2.45, 2.75) is 31.3 Å². The summed E-state index contributed by atoms with van der Waals surface area (Å²) in [5.74, 6) is 0.990. The molecule has 0 spiro atoms. The van der Waals surface area contributed by atoms with E-state index in [0.29, 0.717) is 0 Å². The van der Waals surface area contributed by atoms with Crippen molar-refractivity contribution in [3.8, 4) is 0 Å². The molecule has 4 heteroatoms. The lowest BCUT2D eigenvalue weighted by Crippen LogP contribution is -2.41. The fraction of sp³-hybridized carbons (Fsp3) is 0.462. The van der Waals surface area contributed by atoms with E-state index in [-0.39, 0.29) is 5.60 Å². The van der Waals surface area contributed by atoms with Crippen molar-refractivity contribution >= 4 is 22.6 Å². The first-order valence-electron chi connectivity index (χ1n) is 5.90. The Bertz CT molecular complexity index is 540. The van der Waals surface area contributed by atoms with Gasteiger partial charge in [-0.05, 0) is 37.5 Å². The summed E-state index contributed by atoms with van der Waals surface area (Å²) in [4.78, 5) is 7.89. The molecule has 0 radical (unpaired) electrons. The van der Waals surface area contributed by atoms with Crippen LogP contribution in [0.1, 0.15) is 25.1 Å². The Morgan fingerprint density at radius 2 is 2.29 bits per heavy atom. The van der Waals surface area contributed by atoms with E-state index in [4.69, 9.17) is 16.3 Å². The zero-order chi connectivity index (χ0) is 11.9. The molecule has 0 amide bonds.